The molecule has 9 heteroatoms. The van der Waals surface area contributed by atoms with Gasteiger partial charge in [0.1, 0.15) is 24.1 Å². The summed E-state index contributed by atoms with van der Waals surface area (Å²) in [7, 11) is -1.33. The van der Waals surface area contributed by atoms with Crippen LogP contribution >= 0.6 is 0 Å². The van der Waals surface area contributed by atoms with Crippen molar-refractivity contribution in [2.75, 3.05) is 5.73 Å². The Kier molecular flexibility index (Phi) is 4.56. The van der Waals surface area contributed by atoms with E-state index >= 15 is 0 Å². The Morgan fingerprint density at radius 1 is 1.43 bits per heavy atom. The molecule has 128 valence electrons. The summed E-state index contributed by atoms with van der Waals surface area (Å²) in [5.74, 6) is 0.442. The number of nitrogens with zero attached hydrogens (tertiary/aromatic N) is 2. The smallest absolute Gasteiger partial charge is 0.351 e. The number of hydrogen-bond acceptors (Lipinski definition) is 7. The molecule has 1 aliphatic heterocycles. The molecular weight excluding hydrogens is 318 g/mol. The van der Waals surface area contributed by atoms with Gasteiger partial charge in [0, 0.05) is 6.20 Å². The number of rotatable bonds is 5. The van der Waals surface area contributed by atoms with E-state index in [1.807, 2.05) is 0 Å². The van der Waals surface area contributed by atoms with Gasteiger partial charge in [-0.15, -0.1) is 0 Å². The van der Waals surface area contributed by atoms with Gasteiger partial charge in [0.25, 0.3) is 0 Å². The van der Waals surface area contributed by atoms with Gasteiger partial charge in [-0.3, -0.25) is 4.57 Å². The molecule has 1 saturated carbocycles. The van der Waals surface area contributed by atoms with E-state index in [9.17, 15) is 15.0 Å². The summed E-state index contributed by atoms with van der Waals surface area (Å²) >= 11 is 0. The fourth-order valence-electron chi connectivity index (χ4n) is 3.00. The van der Waals surface area contributed by atoms with Crippen LogP contribution in [-0.2, 0) is 9.16 Å². The molecule has 1 saturated heterocycles. The zero-order valence-corrected chi connectivity index (χ0v) is 14.4. The van der Waals surface area contributed by atoms with Gasteiger partial charge < -0.3 is 25.1 Å². The van der Waals surface area contributed by atoms with Crippen molar-refractivity contribution < 1.29 is 19.4 Å². The van der Waals surface area contributed by atoms with Gasteiger partial charge in [-0.2, -0.15) is 4.98 Å². The molecule has 5 unspecified atom stereocenters. The molecule has 0 amide bonds. The number of anilines is 1. The fraction of sp³-hybridized carbons (Fsp3) is 0.714. The summed E-state index contributed by atoms with van der Waals surface area (Å²) in [5.41, 5.74) is 4.85. The number of hydrogen-bond donors (Lipinski definition) is 3. The molecule has 23 heavy (non-hydrogen) atoms. The first-order valence-corrected chi connectivity index (χ1v) is 10.7. The van der Waals surface area contributed by atoms with E-state index < -0.39 is 39.3 Å². The van der Waals surface area contributed by atoms with Crippen LogP contribution in [0.4, 0.5) is 5.82 Å². The van der Waals surface area contributed by atoms with E-state index in [-0.39, 0.29) is 11.9 Å². The molecule has 3 rings (SSSR count). The Hall–Kier alpha value is -1.26. The lowest BCUT2D eigenvalue weighted by Gasteiger charge is -2.27. The summed E-state index contributed by atoms with van der Waals surface area (Å²) < 4.78 is 13.0. The highest BCUT2D eigenvalue weighted by molar-refractivity contribution is 6.48. The molecule has 0 radical (unpaired) electrons. The van der Waals surface area contributed by atoms with Gasteiger partial charge in [-0.25, -0.2) is 4.79 Å². The van der Waals surface area contributed by atoms with Gasteiger partial charge in [-0.05, 0) is 37.9 Å². The second-order valence-corrected chi connectivity index (χ2v) is 8.87. The van der Waals surface area contributed by atoms with Crippen LogP contribution in [0.15, 0.2) is 17.1 Å². The van der Waals surface area contributed by atoms with Crippen molar-refractivity contribution in [3.05, 3.63) is 22.7 Å². The third-order valence-electron chi connectivity index (χ3n) is 4.24. The number of aliphatic hydroxyl groups excluding tert-OH is 2. The molecule has 5 atom stereocenters. The molecule has 1 aliphatic carbocycles. The number of aromatic nitrogens is 2. The highest BCUT2D eigenvalue weighted by atomic mass is 28.3. The SMILES string of the molecule is C[SiH](C)OC(C1CC1)C1OC(n2ccc(N)nc2=O)C(O)C1O. The van der Waals surface area contributed by atoms with Gasteiger partial charge in [0.05, 0.1) is 6.10 Å². The van der Waals surface area contributed by atoms with Crippen molar-refractivity contribution in [3.63, 3.8) is 0 Å². The zero-order chi connectivity index (χ0) is 16.7. The molecular formula is C14H23N3O5Si. The van der Waals surface area contributed by atoms with E-state index in [4.69, 9.17) is 14.9 Å². The number of nitrogen functional groups attached to an aromatic ring is 1. The molecule has 2 aliphatic rings. The van der Waals surface area contributed by atoms with Crippen molar-refractivity contribution in [1.29, 1.82) is 0 Å². The minimum Gasteiger partial charge on any atom is -0.415 e. The summed E-state index contributed by atoms with van der Waals surface area (Å²) in [6.45, 7) is 4.11. The first-order valence-electron chi connectivity index (χ1n) is 7.90. The predicted octanol–water partition coefficient (Wildman–Crippen LogP) is -0.777. The lowest BCUT2D eigenvalue weighted by atomic mass is 10.0. The molecule has 0 bridgehead atoms. The van der Waals surface area contributed by atoms with Crippen LogP contribution in [0.25, 0.3) is 0 Å². The Balaban J connectivity index is 1.84. The summed E-state index contributed by atoms with van der Waals surface area (Å²) in [5, 5.41) is 20.7. The number of ether oxygens (including phenoxy) is 1. The highest BCUT2D eigenvalue weighted by Crippen LogP contribution is 2.42. The normalized spacial score (nSPS) is 32.4. The molecule has 1 aromatic rings. The lowest BCUT2D eigenvalue weighted by molar-refractivity contribution is -0.0846. The van der Waals surface area contributed by atoms with E-state index in [0.717, 1.165) is 17.4 Å². The standard InChI is InChI=1S/C14H23N3O5Si/c1-23(2)22-11(7-3-4-7)12-9(18)10(19)13(21-12)17-6-5-8(15)16-14(17)20/h5-7,9-13,18-19,23H,3-4H2,1-2H3,(H2,15,16,20). The lowest BCUT2D eigenvalue weighted by Crippen LogP contribution is -2.43. The Labute approximate surface area is 135 Å². The summed E-state index contributed by atoms with van der Waals surface area (Å²) in [6, 6.07) is 1.45. The quantitative estimate of drug-likeness (QED) is 0.601. The number of nitrogens with two attached hydrogens (primary N) is 1. The maximum absolute atomic E-state index is 12.0. The average molecular weight is 341 g/mol. The van der Waals surface area contributed by atoms with E-state index in [1.54, 1.807) is 0 Å². The third kappa shape index (κ3) is 3.33. The van der Waals surface area contributed by atoms with Crippen LogP contribution in [0.1, 0.15) is 19.1 Å². The minimum atomic E-state index is -1.33. The van der Waals surface area contributed by atoms with Gasteiger partial charge in [-0.1, -0.05) is 0 Å². The van der Waals surface area contributed by atoms with Crippen LogP contribution < -0.4 is 11.4 Å². The topological polar surface area (TPSA) is 120 Å². The summed E-state index contributed by atoms with van der Waals surface area (Å²) in [6.07, 6.45) is -0.738. The summed E-state index contributed by atoms with van der Waals surface area (Å²) in [4.78, 5) is 15.6. The highest BCUT2D eigenvalue weighted by Gasteiger charge is 2.51. The van der Waals surface area contributed by atoms with Crippen molar-refractivity contribution in [3.8, 4) is 0 Å². The predicted molar refractivity (Wildman–Crippen MR) is 85.3 cm³/mol. The molecule has 0 aromatic carbocycles. The fourth-order valence-corrected chi connectivity index (χ4v) is 4.01. The molecule has 1 aromatic heterocycles. The monoisotopic (exact) mass is 341 g/mol. The van der Waals surface area contributed by atoms with Crippen molar-refractivity contribution in [2.45, 2.75) is 56.6 Å². The Morgan fingerprint density at radius 2 is 2.13 bits per heavy atom. The van der Waals surface area contributed by atoms with Crippen LogP contribution in [-0.4, -0.2) is 53.2 Å². The maximum atomic E-state index is 12.0. The van der Waals surface area contributed by atoms with Gasteiger partial charge in [0.2, 0.25) is 0 Å². The molecule has 0 spiro atoms. The van der Waals surface area contributed by atoms with Crippen molar-refractivity contribution in [2.24, 2.45) is 5.92 Å². The van der Waals surface area contributed by atoms with Crippen molar-refractivity contribution >= 4 is 14.9 Å². The zero-order valence-electron chi connectivity index (χ0n) is 13.2. The van der Waals surface area contributed by atoms with E-state index in [2.05, 4.69) is 18.1 Å². The second kappa shape index (κ2) is 6.33. The molecule has 2 fully saturated rings. The third-order valence-corrected chi connectivity index (χ3v) is 5.10. The molecule has 4 N–H and O–H groups in total. The van der Waals surface area contributed by atoms with Gasteiger partial charge in [0.15, 0.2) is 15.3 Å². The first kappa shape index (κ1) is 16.6. The average Bonchev–Trinajstić information content (AvgIpc) is 3.26. The van der Waals surface area contributed by atoms with Crippen molar-refractivity contribution in [1.82, 2.24) is 9.55 Å². The van der Waals surface area contributed by atoms with Crippen LogP contribution in [0.3, 0.4) is 0 Å². The van der Waals surface area contributed by atoms with E-state index in [0.29, 0.717) is 5.92 Å². The first-order chi connectivity index (χ1) is 10.9. The second-order valence-electron chi connectivity index (χ2n) is 6.50. The van der Waals surface area contributed by atoms with E-state index in [1.165, 1.54) is 12.3 Å². The minimum absolute atomic E-state index is 0.0980. The van der Waals surface area contributed by atoms with Crippen LogP contribution in [0.5, 0.6) is 0 Å². The van der Waals surface area contributed by atoms with Crippen LogP contribution in [0, 0.1) is 5.92 Å². The molecule has 2 heterocycles. The Bertz CT molecular complexity index is 621. The number of aliphatic hydroxyl groups is 2. The largest absolute Gasteiger partial charge is 0.415 e. The molecule has 8 nitrogen and oxygen atoms in total. The van der Waals surface area contributed by atoms with Crippen LogP contribution in [0.2, 0.25) is 13.1 Å². The maximum Gasteiger partial charge on any atom is 0.351 e. The Morgan fingerprint density at radius 3 is 2.70 bits per heavy atom. The van der Waals surface area contributed by atoms with Gasteiger partial charge >= 0.3 is 5.69 Å².